The molecule has 0 fully saturated rings. The van der Waals surface area contributed by atoms with E-state index in [2.05, 4.69) is 0 Å². The first-order valence-corrected chi connectivity index (χ1v) is 2.04. The normalized spacial score (nSPS) is 6.88. The lowest BCUT2D eigenvalue weighted by Gasteiger charge is -1.79. The van der Waals surface area contributed by atoms with Crippen molar-refractivity contribution in [2.75, 3.05) is 13.7 Å². The standard InChI is InChI=1S/C3H6O3.CH4O/c4-2-1-3(5)6;1-2/h4H,1-2H2,(H,5,6);2H,1H3. The smallest absolute Gasteiger partial charge is 0.305 e. The zero-order chi connectivity index (χ0) is 6.99. The molecule has 0 saturated carbocycles. The molecule has 0 amide bonds. The fraction of sp³-hybridized carbons (Fsp3) is 0.750. The quantitative estimate of drug-likeness (QED) is 0.442. The van der Waals surface area contributed by atoms with Crippen molar-refractivity contribution in [1.82, 2.24) is 0 Å². The molecule has 8 heavy (non-hydrogen) atoms. The summed E-state index contributed by atoms with van der Waals surface area (Å²) in [6.07, 6.45) is -0.153. The van der Waals surface area contributed by atoms with Crippen LogP contribution in [0.4, 0.5) is 0 Å². The summed E-state index contributed by atoms with van der Waals surface area (Å²) in [5.74, 6) is -0.961. The van der Waals surface area contributed by atoms with Gasteiger partial charge in [-0.05, 0) is 0 Å². The summed E-state index contributed by atoms with van der Waals surface area (Å²) < 4.78 is 0. The molecule has 0 unspecified atom stereocenters. The van der Waals surface area contributed by atoms with Gasteiger partial charge < -0.3 is 15.3 Å². The van der Waals surface area contributed by atoms with Crippen LogP contribution >= 0.6 is 0 Å². The second-order valence-corrected chi connectivity index (χ2v) is 0.867. The number of aliphatic hydroxyl groups excluding tert-OH is 2. The average molecular weight is 122 g/mol. The van der Waals surface area contributed by atoms with Gasteiger partial charge in [-0.25, -0.2) is 0 Å². The zero-order valence-corrected chi connectivity index (χ0v) is 4.66. The van der Waals surface area contributed by atoms with Crippen molar-refractivity contribution in [1.29, 1.82) is 0 Å². The Morgan fingerprint density at radius 1 is 1.50 bits per heavy atom. The van der Waals surface area contributed by atoms with Crippen LogP contribution < -0.4 is 0 Å². The molecule has 0 aromatic heterocycles. The van der Waals surface area contributed by atoms with Crippen molar-refractivity contribution in [3.8, 4) is 0 Å². The molecule has 0 spiro atoms. The molecule has 50 valence electrons. The molecule has 0 bridgehead atoms. The van der Waals surface area contributed by atoms with E-state index in [1.165, 1.54) is 0 Å². The van der Waals surface area contributed by atoms with Gasteiger partial charge in [-0.3, -0.25) is 4.79 Å². The lowest BCUT2D eigenvalue weighted by molar-refractivity contribution is -0.137. The van der Waals surface area contributed by atoms with Gasteiger partial charge in [0.2, 0.25) is 0 Å². The number of aliphatic hydroxyl groups is 2. The number of hydrogen-bond donors (Lipinski definition) is 3. The number of rotatable bonds is 2. The van der Waals surface area contributed by atoms with Crippen LogP contribution in [-0.4, -0.2) is 35.0 Å². The largest absolute Gasteiger partial charge is 0.481 e. The lowest BCUT2D eigenvalue weighted by Crippen LogP contribution is -1.96. The van der Waals surface area contributed by atoms with E-state index in [1.54, 1.807) is 0 Å². The topological polar surface area (TPSA) is 77.8 Å². The van der Waals surface area contributed by atoms with Gasteiger partial charge in [-0.15, -0.1) is 0 Å². The molecule has 0 radical (unpaired) electrons. The summed E-state index contributed by atoms with van der Waals surface area (Å²) in [5.41, 5.74) is 0. The molecule has 0 aliphatic heterocycles. The molecule has 4 nitrogen and oxygen atoms in total. The number of carboxylic acids is 1. The van der Waals surface area contributed by atoms with Crippen molar-refractivity contribution in [3.63, 3.8) is 0 Å². The SMILES string of the molecule is CO.O=C(O)CCO. The predicted octanol–water partition coefficient (Wildman–Crippen LogP) is -0.938. The van der Waals surface area contributed by atoms with Crippen LogP contribution in [-0.2, 0) is 4.79 Å². The van der Waals surface area contributed by atoms with Crippen molar-refractivity contribution in [3.05, 3.63) is 0 Å². The van der Waals surface area contributed by atoms with Gasteiger partial charge in [0.1, 0.15) is 0 Å². The second-order valence-electron chi connectivity index (χ2n) is 0.867. The fourth-order valence-corrected chi connectivity index (χ4v) is 0.0956. The van der Waals surface area contributed by atoms with Crippen LogP contribution in [0.1, 0.15) is 6.42 Å². The summed E-state index contributed by atoms with van der Waals surface area (Å²) in [7, 11) is 1.00. The van der Waals surface area contributed by atoms with E-state index < -0.39 is 5.97 Å². The van der Waals surface area contributed by atoms with Crippen molar-refractivity contribution in [2.45, 2.75) is 6.42 Å². The molecule has 0 aliphatic carbocycles. The summed E-state index contributed by atoms with van der Waals surface area (Å²) in [4.78, 5) is 9.44. The van der Waals surface area contributed by atoms with Gasteiger partial charge in [0.05, 0.1) is 13.0 Å². The maximum Gasteiger partial charge on any atom is 0.305 e. The van der Waals surface area contributed by atoms with E-state index in [4.69, 9.17) is 15.3 Å². The first-order valence-electron chi connectivity index (χ1n) is 2.04. The zero-order valence-electron chi connectivity index (χ0n) is 4.66. The Morgan fingerprint density at radius 2 is 1.88 bits per heavy atom. The molecule has 3 N–H and O–H groups in total. The summed E-state index contributed by atoms with van der Waals surface area (Å²) in [6, 6.07) is 0. The van der Waals surface area contributed by atoms with E-state index in [0.717, 1.165) is 7.11 Å². The molecule has 0 aliphatic rings. The Labute approximate surface area is 47.4 Å². The molecule has 0 heterocycles. The van der Waals surface area contributed by atoms with Crippen LogP contribution in [0.5, 0.6) is 0 Å². The van der Waals surface area contributed by atoms with Crippen molar-refractivity contribution in [2.24, 2.45) is 0 Å². The molecule has 0 rings (SSSR count). The minimum atomic E-state index is -0.961. The highest BCUT2D eigenvalue weighted by atomic mass is 16.4. The van der Waals surface area contributed by atoms with Gasteiger partial charge in [0.25, 0.3) is 0 Å². The molecular formula is C4H10O4. The Hall–Kier alpha value is -0.610. The average Bonchev–Trinajstić information content (AvgIpc) is 1.72. The number of aliphatic carboxylic acids is 1. The molecule has 0 atom stereocenters. The molecule has 0 aromatic carbocycles. The highest BCUT2D eigenvalue weighted by Crippen LogP contribution is 1.70. The Bertz CT molecular complexity index is 52.0. The minimum Gasteiger partial charge on any atom is -0.481 e. The monoisotopic (exact) mass is 122 g/mol. The van der Waals surface area contributed by atoms with Crippen LogP contribution in [0.3, 0.4) is 0 Å². The van der Waals surface area contributed by atoms with Crippen LogP contribution in [0.15, 0.2) is 0 Å². The molecule has 4 heteroatoms. The Morgan fingerprint density at radius 3 is 1.88 bits per heavy atom. The fourth-order valence-electron chi connectivity index (χ4n) is 0.0956. The predicted molar refractivity (Wildman–Crippen MR) is 27.5 cm³/mol. The van der Waals surface area contributed by atoms with Crippen molar-refractivity contribution < 1.29 is 20.1 Å². The third kappa shape index (κ3) is 18.2. The minimum absolute atomic E-state index is 0.153. The van der Waals surface area contributed by atoms with Crippen LogP contribution in [0.25, 0.3) is 0 Å². The molecule has 0 aromatic rings. The second kappa shape index (κ2) is 9.63. The van der Waals surface area contributed by atoms with E-state index in [-0.39, 0.29) is 13.0 Å². The van der Waals surface area contributed by atoms with Gasteiger partial charge in [-0.1, -0.05) is 0 Å². The van der Waals surface area contributed by atoms with Gasteiger partial charge in [0, 0.05) is 7.11 Å². The van der Waals surface area contributed by atoms with Gasteiger partial charge in [-0.2, -0.15) is 0 Å². The maximum atomic E-state index is 9.44. The molecule has 0 saturated heterocycles. The number of hydrogen-bond acceptors (Lipinski definition) is 3. The number of carboxylic acid groups (broad SMARTS) is 1. The van der Waals surface area contributed by atoms with E-state index in [9.17, 15) is 4.79 Å². The van der Waals surface area contributed by atoms with Crippen molar-refractivity contribution >= 4 is 5.97 Å². The van der Waals surface area contributed by atoms with E-state index in [0.29, 0.717) is 0 Å². The molecular weight excluding hydrogens is 112 g/mol. The first-order chi connectivity index (χ1) is 3.77. The van der Waals surface area contributed by atoms with E-state index >= 15 is 0 Å². The third-order valence-corrected chi connectivity index (χ3v) is 0.326. The Balaban J connectivity index is 0. The Kier molecular flexibility index (Phi) is 12.5. The third-order valence-electron chi connectivity index (χ3n) is 0.326. The summed E-state index contributed by atoms with van der Waals surface area (Å²) in [6.45, 7) is -0.269. The van der Waals surface area contributed by atoms with Crippen LogP contribution in [0, 0.1) is 0 Å². The van der Waals surface area contributed by atoms with Crippen LogP contribution in [0.2, 0.25) is 0 Å². The summed E-state index contributed by atoms with van der Waals surface area (Å²) >= 11 is 0. The van der Waals surface area contributed by atoms with Gasteiger partial charge >= 0.3 is 5.97 Å². The first kappa shape index (κ1) is 10.4. The summed E-state index contributed by atoms with van der Waals surface area (Å²) in [5, 5.41) is 22.6. The van der Waals surface area contributed by atoms with Gasteiger partial charge in [0.15, 0.2) is 0 Å². The van der Waals surface area contributed by atoms with E-state index in [1.807, 2.05) is 0 Å². The highest BCUT2D eigenvalue weighted by Gasteiger charge is 1.88. The lowest BCUT2D eigenvalue weighted by atomic mass is 10.5. The number of carbonyl (C=O) groups is 1. The highest BCUT2D eigenvalue weighted by molar-refractivity contribution is 5.66. The maximum absolute atomic E-state index is 9.44.